The van der Waals surface area contributed by atoms with E-state index in [1.54, 1.807) is 48.5 Å². The lowest BCUT2D eigenvalue weighted by Crippen LogP contribution is -2.34. The monoisotopic (exact) mass is 399 g/mol. The van der Waals surface area contributed by atoms with Crippen molar-refractivity contribution in [3.63, 3.8) is 0 Å². The normalized spacial score (nSPS) is 10.3. The second-order valence-electron chi connectivity index (χ2n) is 6.49. The Balaban J connectivity index is 1.94. The largest absolute Gasteiger partial charge is 0.494 e. The molecule has 2 amide bonds. The molecular weight excluding hydrogens is 374 g/mol. The average molecular weight is 400 g/mol. The van der Waals surface area contributed by atoms with Crippen LogP contribution in [-0.4, -0.2) is 29.6 Å². The molecule has 2 rings (SSSR count). The van der Waals surface area contributed by atoms with Gasteiger partial charge >= 0.3 is 0 Å². The summed E-state index contributed by atoms with van der Waals surface area (Å²) in [5.41, 5.74) is 1.60. The SMILES string of the molecule is CCCOc1ccc(C(=O)NC(=S)Nc2cccc(C(=O)NC(C)C)c2)cc1. The third-order valence-corrected chi connectivity index (χ3v) is 3.82. The van der Waals surface area contributed by atoms with Gasteiger partial charge < -0.3 is 15.4 Å². The molecule has 6 nitrogen and oxygen atoms in total. The Kier molecular flexibility index (Phi) is 7.95. The topological polar surface area (TPSA) is 79.5 Å². The fourth-order valence-corrected chi connectivity index (χ4v) is 2.55. The number of carbonyl (C=O) groups excluding carboxylic acids is 2. The summed E-state index contributed by atoms with van der Waals surface area (Å²) in [7, 11) is 0. The van der Waals surface area contributed by atoms with Crippen LogP contribution in [0, 0.1) is 0 Å². The van der Waals surface area contributed by atoms with Crippen LogP contribution in [0.2, 0.25) is 0 Å². The maximum atomic E-state index is 12.3. The predicted molar refractivity (Wildman–Crippen MR) is 115 cm³/mol. The molecule has 0 aromatic heterocycles. The summed E-state index contributed by atoms with van der Waals surface area (Å²) in [5.74, 6) is 0.225. The summed E-state index contributed by atoms with van der Waals surface area (Å²) in [5, 5.41) is 8.54. The Morgan fingerprint density at radius 3 is 2.39 bits per heavy atom. The van der Waals surface area contributed by atoms with E-state index in [1.807, 2.05) is 20.8 Å². The number of rotatable bonds is 7. The fourth-order valence-electron chi connectivity index (χ4n) is 2.34. The molecule has 0 atom stereocenters. The van der Waals surface area contributed by atoms with Crippen LogP contribution in [0.3, 0.4) is 0 Å². The lowest BCUT2D eigenvalue weighted by molar-refractivity contribution is 0.0941. The first-order chi connectivity index (χ1) is 13.4. The van der Waals surface area contributed by atoms with E-state index in [9.17, 15) is 9.59 Å². The first-order valence-corrected chi connectivity index (χ1v) is 9.56. The molecule has 2 aromatic carbocycles. The van der Waals surface area contributed by atoms with Crippen LogP contribution in [0.25, 0.3) is 0 Å². The van der Waals surface area contributed by atoms with Gasteiger partial charge in [-0.1, -0.05) is 13.0 Å². The first kappa shape index (κ1) is 21.4. The molecule has 0 aliphatic heterocycles. The van der Waals surface area contributed by atoms with Crippen molar-refractivity contribution in [2.75, 3.05) is 11.9 Å². The smallest absolute Gasteiger partial charge is 0.257 e. The Hall–Kier alpha value is -2.93. The van der Waals surface area contributed by atoms with Gasteiger partial charge in [-0.3, -0.25) is 14.9 Å². The highest BCUT2D eigenvalue weighted by Crippen LogP contribution is 2.13. The van der Waals surface area contributed by atoms with Crippen molar-refractivity contribution in [3.8, 4) is 5.75 Å². The molecule has 0 aliphatic rings. The Morgan fingerprint density at radius 1 is 1.04 bits per heavy atom. The van der Waals surface area contributed by atoms with Gasteiger partial charge in [-0.25, -0.2) is 0 Å². The Bertz CT molecular complexity index is 835. The zero-order chi connectivity index (χ0) is 20.5. The third kappa shape index (κ3) is 6.66. The molecule has 2 aromatic rings. The van der Waals surface area contributed by atoms with Crippen molar-refractivity contribution in [2.24, 2.45) is 0 Å². The maximum absolute atomic E-state index is 12.3. The Morgan fingerprint density at radius 2 is 1.75 bits per heavy atom. The number of nitrogens with one attached hydrogen (secondary N) is 3. The highest BCUT2D eigenvalue weighted by Gasteiger charge is 2.10. The minimum absolute atomic E-state index is 0.0447. The maximum Gasteiger partial charge on any atom is 0.257 e. The zero-order valence-electron chi connectivity index (χ0n) is 16.2. The van der Waals surface area contributed by atoms with E-state index in [0.29, 0.717) is 23.4 Å². The van der Waals surface area contributed by atoms with E-state index in [-0.39, 0.29) is 23.0 Å². The summed E-state index contributed by atoms with van der Waals surface area (Å²) in [6, 6.07) is 13.8. The van der Waals surface area contributed by atoms with Crippen molar-refractivity contribution in [1.29, 1.82) is 0 Å². The van der Waals surface area contributed by atoms with E-state index in [2.05, 4.69) is 16.0 Å². The number of carbonyl (C=O) groups is 2. The number of hydrogen-bond donors (Lipinski definition) is 3. The summed E-state index contributed by atoms with van der Waals surface area (Å²) in [6.07, 6.45) is 0.919. The van der Waals surface area contributed by atoms with Gasteiger partial charge in [0.2, 0.25) is 0 Å². The van der Waals surface area contributed by atoms with Gasteiger partial charge in [-0.05, 0) is 75.0 Å². The van der Waals surface area contributed by atoms with Crippen LogP contribution in [0.15, 0.2) is 48.5 Å². The van der Waals surface area contributed by atoms with Gasteiger partial charge in [0.15, 0.2) is 5.11 Å². The summed E-state index contributed by atoms with van der Waals surface area (Å²) < 4.78 is 5.50. The van der Waals surface area contributed by atoms with E-state index < -0.39 is 0 Å². The number of hydrogen-bond acceptors (Lipinski definition) is 4. The van der Waals surface area contributed by atoms with Crippen molar-refractivity contribution in [1.82, 2.24) is 10.6 Å². The van der Waals surface area contributed by atoms with Crippen LogP contribution in [0.1, 0.15) is 47.9 Å². The fraction of sp³-hybridized carbons (Fsp3) is 0.286. The molecule has 0 radical (unpaired) electrons. The second-order valence-corrected chi connectivity index (χ2v) is 6.90. The van der Waals surface area contributed by atoms with Crippen molar-refractivity contribution < 1.29 is 14.3 Å². The standard InChI is InChI=1S/C21H25N3O3S/c1-4-12-27-18-10-8-15(9-11-18)19(25)24-21(28)23-17-7-5-6-16(13-17)20(26)22-14(2)3/h5-11,13-14H,4,12H2,1-3H3,(H,22,26)(H2,23,24,25,28). The molecule has 0 aliphatic carbocycles. The summed E-state index contributed by atoms with van der Waals surface area (Å²) >= 11 is 5.21. The predicted octanol–water partition coefficient (Wildman–Crippen LogP) is 3.74. The Labute approximate surface area is 170 Å². The van der Waals surface area contributed by atoms with Gasteiger partial charge in [0.05, 0.1) is 6.61 Å². The molecule has 148 valence electrons. The van der Waals surface area contributed by atoms with Crippen LogP contribution in [0.5, 0.6) is 5.75 Å². The molecule has 0 saturated carbocycles. The third-order valence-electron chi connectivity index (χ3n) is 3.62. The lowest BCUT2D eigenvalue weighted by atomic mass is 10.2. The molecule has 0 unspecified atom stereocenters. The summed E-state index contributed by atoms with van der Waals surface area (Å²) in [6.45, 7) is 6.45. The molecule has 28 heavy (non-hydrogen) atoms. The van der Waals surface area contributed by atoms with Crippen LogP contribution in [0.4, 0.5) is 5.69 Å². The van der Waals surface area contributed by atoms with E-state index in [1.165, 1.54) is 0 Å². The molecule has 0 spiro atoms. The quantitative estimate of drug-likeness (QED) is 0.618. The number of amides is 2. The molecular formula is C21H25N3O3S. The highest BCUT2D eigenvalue weighted by molar-refractivity contribution is 7.80. The van der Waals surface area contributed by atoms with Gasteiger partial charge in [0.1, 0.15) is 5.75 Å². The second kappa shape index (κ2) is 10.4. The number of ether oxygens (including phenoxy) is 1. The van der Waals surface area contributed by atoms with Gasteiger partial charge in [0, 0.05) is 22.9 Å². The summed E-state index contributed by atoms with van der Waals surface area (Å²) in [4.78, 5) is 24.4. The van der Waals surface area contributed by atoms with Crippen LogP contribution in [-0.2, 0) is 0 Å². The number of thiocarbonyl (C=S) groups is 1. The highest BCUT2D eigenvalue weighted by atomic mass is 32.1. The first-order valence-electron chi connectivity index (χ1n) is 9.15. The molecule has 7 heteroatoms. The van der Waals surface area contributed by atoms with E-state index in [0.717, 1.165) is 12.2 Å². The van der Waals surface area contributed by atoms with E-state index in [4.69, 9.17) is 17.0 Å². The minimum atomic E-state index is -0.326. The van der Waals surface area contributed by atoms with Gasteiger partial charge in [0.25, 0.3) is 11.8 Å². The molecule has 0 heterocycles. The lowest BCUT2D eigenvalue weighted by Gasteiger charge is -2.12. The number of anilines is 1. The van der Waals surface area contributed by atoms with Gasteiger partial charge in [-0.15, -0.1) is 0 Å². The van der Waals surface area contributed by atoms with Crippen LogP contribution >= 0.6 is 12.2 Å². The van der Waals surface area contributed by atoms with E-state index >= 15 is 0 Å². The molecule has 3 N–H and O–H groups in total. The molecule has 0 bridgehead atoms. The van der Waals surface area contributed by atoms with Crippen molar-refractivity contribution in [3.05, 3.63) is 59.7 Å². The molecule has 0 fully saturated rings. The van der Waals surface area contributed by atoms with Gasteiger partial charge in [-0.2, -0.15) is 0 Å². The average Bonchev–Trinajstić information content (AvgIpc) is 2.66. The van der Waals surface area contributed by atoms with Crippen molar-refractivity contribution in [2.45, 2.75) is 33.2 Å². The molecule has 0 saturated heterocycles. The minimum Gasteiger partial charge on any atom is -0.494 e. The van der Waals surface area contributed by atoms with Crippen molar-refractivity contribution >= 4 is 34.8 Å². The zero-order valence-corrected chi connectivity index (χ0v) is 17.1. The number of benzene rings is 2. The van der Waals surface area contributed by atoms with Crippen LogP contribution < -0.4 is 20.7 Å².